The zero-order chi connectivity index (χ0) is 20.6. The van der Waals surface area contributed by atoms with E-state index < -0.39 is 0 Å². The van der Waals surface area contributed by atoms with Gasteiger partial charge >= 0.3 is 0 Å². The fourth-order valence-electron chi connectivity index (χ4n) is 4.38. The Labute approximate surface area is 180 Å². The predicted octanol–water partition coefficient (Wildman–Crippen LogP) is 4.05. The summed E-state index contributed by atoms with van der Waals surface area (Å²) in [6.07, 6.45) is 5.49. The lowest BCUT2D eigenvalue weighted by molar-refractivity contribution is -0.125. The molecule has 7 heteroatoms. The summed E-state index contributed by atoms with van der Waals surface area (Å²) in [6.45, 7) is 6.99. The molecule has 3 aromatic rings. The van der Waals surface area contributed by atoms with Crippen LogP contribution in [0.5, 0.6) is 0 Å². The molecule has 156 valence electrons. The molecule has 1 aromatic carbocycles. The highest BCUT2D eigenvalue weighted by Crippen LogP contribution is 2.30. The predicted molar refractivity (Wildman–Crippen MR) is 120 cm³/mol. The highest BCUT2D eigenvalue weighted by atomic mass is 32.1. The van der Waals surface area contributed by atoms with E-state index in [4.69, 9.17) is 4.74 Å². The van der Waals surface area contributed by atoms with E-state index in [1.807, 2.05) is 24.0 Å². The van der Waals surface area contributed by atoms with Gasteiger partial charge in [-0.2, -0.15) is 0 Å². The molecule has 2 aliphatic rings. The van der Waals surface area contributed by atoms with Crippen LogP contribution >= 0.6 is 11.3 Å². The third-order valence-electron chi connectivity index (χ3n) is 6.15. The van der Waals surface area contributed by atoms with Crippen molar-refractivity contribution in [1.29, 1.82) is 0 Å². The third-order valence-corrected chi connectivity index (χ3v) is 6.98. The normalized spacial score (nSPS) is 19.5. The minimum atomic E-state index is 0.0488. The van der Waals surface area contributed by atoms with E-state index in [2.05, 4.69) is 45.3 Å². The van der Waals surface area contributed by atoms with Crippen LogP contribution in [0.25, 0.3) is 21.2 Å². The van der Waals surface area contributed by atoms with E-state index in [1.54, 1.807) is 11.3 Å². The molecule has 0 saturated carbocycles. The van der Waals surface area contributed by atoms with Gasteiger partial charge in [-0.3, -0.25) is 9.78 Å². The molecule has 1 N–H and O–H groups in total. The van der Waals surface area contributed by atoms with Gasteiger partial charge < -0.3 is 15.0 Å². The van der Waals surface area contributed by atoms with Gasteiger partial charge in [-0.05, 0) is 49.0 Å². The monoisotopic (exact) mass is 422 g/mol. The Bertz CT molecular complexity index is 1040. The average Bonchev–Trinajstić information content (AvgIpc) is 3.27. The topological polar surface area (TPSA) is 67.4 Å². The number of anilines is 1. The molecule has 0 aliphatic carbocycles. The van der Waals surface area contributed by atoms with Gasteiger partial charge in [0.1, 0.15) is 5.82 Å². The number of ether oxygens (including phenoxy) is 1. The highest BCUT2D eigenvalue weighted by molar-refractivity contribution is 7.13. The number of rotatable bonds is 5. The zero-order valence-corrected chi connectivity index (χ0v) is 18.0. The second kappa shape index (κ2) is 8.06. The lowest BCUT2D eigenvalue weighted by Gasteiger charge is -2.43. The molecule has 2 aromatic heterocycles. The number of carbonyl (C=O) groups is 1. The van der Waals surface area contributed by atoms with Gasteiger partial charge in [0.25, 0.3) is 0 Å². The minimum Gasteiger partial charge on any atom is -0.380 e. The van der Waals surface area contributed by atoms with Gasteiger partial charge in [0.15, 0.2) is 0 Å². The van der Waals surface area contributed by atoms with Crippen molar-refractivity contribution in [3.05, 3.63) is 42.2 Å². The number of aromatic nitrogens is 2. The zero-order valence-electron chi connectivity index (χ0n) is 17.1. The first-order valence-electron chi connectivity index (χ1n) is 10.5. The molecule has 0 bridgehead atoms. The summed E-state index contributed by atoms with van der Waals surface area (Å²) in [5, 5.41) is 5.17. The van der Waals surface area contributed by atoms with Crippen LogP contribution in [-0.2, 0) is 9.53 Å². The quantitative estimate of drug-likeness (QED) is 0.672. The Balaban J connectivity index is 1.22. The number of thiazole rings is 1. The number of carbonyl (C=O) groups excluding carboxylic acids is 1. The van der Waals surface area contributed by atoms with Gasteiger partial charge in [0.05, 0.1) is 23.6 Å². The van der Waals surface area contributed by atoms with Crippen molar-refractivity contribution < 1.29 is 9.53 Å². The minimum absolute atomic E-state index is 0.0488. The summed E-state index contributed by atoms with van der Waals surface area (Å²) in [4.78, 5) is 25.0. The maximum Gasteiger partial charge on any atom is 0.228 e. The fourth-order valence-corrected chi connectivity index (χ4v) is 5.00. The van der Waals surface area contributed by atoms with E-state index in [0.717, 1.165) is 66.9 Å². The van der Waals surface area contributed by atoms with Crippen LogP contribution < -0.4 is 5.32 Å². The van der Waals surface area contributed by atoms with E-state index in [1.165, 1.54) is 0 Å². The van der Waals surface area contributed by atoms with E-state index in [-0.39, 0.29) is 11.8 Å². The molecule has 2 aliphatic heterocycles. The van der Waals surface area contributed by atoms with E-state index >= 15 is 0 Å². The number of fused-ring (bicyclic) bond motifs is 1. The molecule has 0 radical (unpaired) electrons. The molecule has 6 nitrogen and oxygen atoms in total. The van der Waals surface area contributed by atoms with Crippen LogP contribution in [0.1, 0.15) is 19.8 Å². The van der Waals surface area contributed by atoms with Crippen molar-refractivity contribution in [2.45, 2.75) is 19.8 Å². The first kappa shape index (κ1) is 19.6. The van der Waals surface area contributed by atoms with Crippen LogP contribution in [-0.4, -0.2) is 53.6 Å². The highest BCUT2D eigenvalue weighted by Gasteiger charge is 2.36. The third kappa shape index (κ3) is 4.10. The molecule has 1 amide bonds. The van der Waals surface area contributed by atoms with Crippen LogP contribution in [0.15, 0.2) is 42.2 Å². The number of amides is 1. The second-order valence-corrected chi connectivity index (χ2v) is 9.73. The molecule has 4 heterocycles. The van der Waals surface area contributed by atoms with Gasteiger partial charge in [0, 0.05) is 35.7 Å². The summed E-state index contributed by atoms with van der Waals surface area (Å²) in [5.74, 6) is 0.751. The molecular weight excluding hydrogens is 396 g/mol. The molecule has 0 atom stereocenters. The molecule has 0 unspecified atom stereocenters. The van der Waals surface area contributed by atoms with Crippen LogP contribution in [0.3, 0.4) is 0 Å². The first-order valence-corrected chi connectivity index (χ1v) is 11.4. The number of nitrogens with zero attached hydrogens (tertiary/aromatic N) is 3. The standard InChI is InChI=1S/C23H26N4O2S/c1-23(13-29-14-23)12-27-6-4-16(5-7-27)22(28)26-21-9-19-8-17(20-11-24-15-30-20)2-3-18(19)10-25-21/h2-3,8-11,15-16H,4-7,12-14H2,1H3,(H,25,26,28). The first-order chi connectivity index (χ1) is 14.6. The fraction of sp³-hybridized carbons (Fsp3) is 0.435. The number of pyridine rings is 1. The van der Waals surface area contributed by atoms with Gasteiger partial charge in [-0.25, -0.2) is 4.98 Å². The van der Waals surface area contributed by atoms with Crippen LogP contribution in [0.2, 0.25) is 0 Å². The number of likely N-dealkylation sites (tertiary alicyclic amines) is 1. The Morgan fingerprint density at radius 3 is 2.77 bits per heavy atom. The molecule has 2 fully saturated rings. The Morgan fingerprint density at radius 2 is 2.07 bits per heavy atom. The van der Waals surface area contributed by atoms with Gasteiger partial charge in [0.2, 0.25) is 5.91 Å². The van der Waals surface area contributed by atoms with Crippen molar-refractivity contribution >= 4 is 33.8 Å². The molecule has 0 spiro atoms. The van der Waals surface area contributed by atoms with Crippen molar-refractivity contribution in [3.63, 3.8) is 0 Å². The average molecular weight is 423 g/mol. The number of hydrogen-bond donors (Lipinski definition) is 1. The van der Waals surface area contributed by atoms with Gasteiger partial charge in [-0.15, -0.1) is 11.3 Å². The maximum absolute atomic E-state index is 12.8. The maximum atomic E-state index is 12.8. The summed E-state index contributed by atoms with van der Waals surface area (Å²) in [6, 6.07) is 8.24. The molecular formula is C23H26N4O2S. The van der Waals surface area contributed by atoms with Crippen LogP contribution in [0.4, 0.5) is 5.82 Å². The smallest absolute Gasteiger partial charge is 0.228 e. The Kier molecular flexibility index (Phi) is 5.26. The Hall–Kier alpha value is -2.35. The summed E-state index contributed by atoms with van der Waals surface area (Å²) in [5.41, 5.74) is 3.26. The van der Waals surface area contributed by atoms with Crippen molar-refractivity contribution in [1.82, 2.24) is 14.9 Å². The summed E-state index contributed by atoms with van der Waals surface area (Å²) < 4.78 is 5.36. The number of piperidine rings is 1. The van der Waals surface area contributed by atoms with Crippen molar-refractivity contribution in [2.24, 2.45) is 11.3 Å². The molecule has 2 saturated heterocycles. The SMILES string of the molecule is CC1(CN2CCC(C(=O)Nc3cc4cc(-c5cncs5)ccc4cn3)CC2)COC1. The largest absolute Gasteiger partial charge is 0.380 e. The summed E-state index contributed by atoms with van der Waals surface area (Å²) >= 11 is 1.62. The second-order valence-electron chi connectivity index (χ2n) is 8.84. The van der Waals surface area contributed by atoms with Crippen molar-refractivity contribution in [3.8, 4) is 10.4 Å². The molecule has 5 rings (SSSR count). The summed E-state index contributed by atoms with van der Waals surface area (Å²) in [7, 11) is 0. The van der Waals surface area contributed by atoms with E-state index in [0.29, 0.717) is 11.2 Å². The Morgan fingerprint density at radius 1 is 1.23 bits per heavy atom. The molecule has 30 heavy (non-hydrogen) atoms. The van der Waals surface area contributed by atoms with Gasteiger partial charge in [-0.1, -0.05) is 19.1 Å². The number of nitrogens with one attached hydrogen (secondary N) is 1. The number of hydrogen-bond acceptors (Lipinski definition) is 6. The lowest BCUT2D eigenvalue weighted by Crippen LogP contribution is -2.51. The van der Waals surface area contributed by atoms with Crippen LogP contribution in [0, 0.1) is 11.3 Å². The number of benzene rings is 1. The van der Waals surface area contributed by atoms with Crippen molar-refractivity contribution in [2.75, 3.05) is 38.2 Å². The van der Waals surface area contributed by atoms with E-state index in [9.17, 15) is 4.79 Å². The lowest BCUT2D eigenvalue weighted by atomic mass is 9.86.